The number of fused-ring (bicyclic) bond motifs is 5. The molecule has 3 aliphatic heterocycles. The lowest BCUT2D eigenvalue weighted by atomic mass is 9.66. The number of aliphatic hydroxyl groups excluding tert-OH is 3. The maximum Gasteiger partial charge on any atom is 0.320 e. The first kappa shape index (κ1) is 38.3. The van der Waals surface area contributed by atoms with Crippen LogP contribution in [0.15, 0.2) is 30.1 Å². The Bertz CT molecular complexity index is 1490. The van der Waals surface area contributed by atoms with E-state index in [4.69, 9.17) is 18.9 Å². The molecule has 7 rings (SSSR count). The average Bonchev–Trinajstić information content (AvgIpc) is 3.73. The minimum Gasteiger partial charge on any atom is -0.463 e. The largest absolute Gasteiger partial charge is 0.463 e. The highest BCUT2D eigenvalue weighted by molar-refractivity contribution is 5.99. The van der Waals surface area contributed by atoms with Crippen LogP contribution in [-0.4, -0.2) is 130 Å². The Morgan fingerprint density at radius 2 is 1.68 bits per heavy atom. The first-order chi connectivity index (χ1) is 25.5. The van der Waals surface area contributed by atoms with Crippen LogP contribution < -0.4 is 4.90 Å². The number of hydrogen-bond acceptors (Lipinski definition) is 14. The van der Waals surface area contributed by atoms with Gasteiger partial charge in [-0.3, -0.25) is 19.3 Å². The molecule has 3 N–H and O–H groups in total. The number of aromatic nitrogens is 2. The van der Waals surface area contributed by atoms with Crippen LogP contribution in [0.1, 0.15) is 72.1 Å². The van der Waals surface area contributed by atoms with Crippen molar-refractivity contribution in [3.8, 4) is 0 Å². The van der Waals surface area contributed by atoms with Crippen LogP contribution in [-0.2, 0) is 33.3 Å². The molecular formula is C39H56N4O10. The summed E-state index contributed by atoms with van der Waals surface area (Å²) in [6.07, 6.45) is 3.92. The first-order valence-electron chi connectivity index (χ1n) is 19.7. The molecular weight excluding hydrogens is 684 g/mol. The maximum absolute atomic E-state index is 14.5. The van der Waals surface area contributed by atoms with E-state index in [0.717, 1.165) is 19.3 Å². The molecule has 53 heavy (non-hydrogen) atoms. The van der Waals surface area contributed by atoms with E-state index < -0.39 is 42.7 Å². The van der Waals surface area contributed by atoms with Gasteiger partial charge in [0, 0.05) is 44.5 Å². The highest BCUT2D eigenvalue weighted by Gasteiger charge is 2.53. The standard InChI is InChI=1S/C39H56N4O10/c1-21-6-4-7-31(53-33(45)20-42-12-14-43(15-13-42)39-40-10-5-11-41-39)22(2)34(46)30-18-28-26(29(30)19-32(44)50-21)9-8-24-16-25(17-27(24)28)52-38-37(49)36(48)35(47)23(3)51-38/h5,10-11,18,21-29,31,35-38,47-49H,4,6-9,12-17,19-20H2,1-3H3/t21?,22?,23-,24?,25?,26?,27?,28?,29?,31?,35-,36+,37+,38-/m0/s1. The van der Waals surface area contributed by atoms with Gasteiger partial charge in [-0.2, -0.15) is 0 Å². The molecule has 1 aromatic rings. The fraction of sp³-hybridized carbons (Fsp3) is 0.769. The molecule has 4 heterocycles. The smallest absolute Gasteiger partial charge is 0.320 e. The lowest BCUT2D eigenvalue weighted by Gasteiger charge is -2.40. The van der Waals surface area contributed by atoms with E-state index >= 15 is 0 Å². The molecule has 0 amide bonds. The number of aliphatic hydroxyl groups is 3. The van der Waals surface area contributed by atoms with Crippen molar-refractivity contribution in [1.29, 1.82) is 0 Å². The quantitative estimate of drug-likeness (QED) is 0.361. The summed E-state index contributed by atoms with van der Waals surface area (Å²) >= 11 is 0. The van der Waals surface area contributed by atoms with E-state index in [2.05, 4.69) is 25.8 Å². The molecule has 6 aliphatic rings. The van der Waals surface area contributed by atoms with Crippen molar-refractivity contribution < 1.29 is 48.7 Å². The van der Waals surface area contributed by atoms with E-state index in [-0.39, 0.29) is 66.6 Å². The minimum absolute atomic E-state index is 0.0669. The van der Waals surface area contributed by atoms with Crippen LogP contribution in [0.5, 0.6) is 0 Å². The number of rotatable bonds is 6. The number of piperazine rings is 1. The summed E-state index contributed by atoms with van der Waals surface area (Å²) in [5.41, 5.74) is 0.653. The number of anilines is 1. The number of hydrogen-bond donors (Lipinski definition) is 3. The van der Waals surface area contributed by atoms with Crippen molar-refractivity contribution >= 4 is 23.7 Å². The van der Waals surface area contributed by atoms with Crippen LogP contribution >= 0.6 is 0 Å². The van der Waals surface area contributed by atoms with Gasteiger partial charge >= 0.3 is 11.9 Å². The molecule has 14 nitrogen and oxygen atoms in total. The van der Waals surface area contributed by atoms with Gasteiger partial charge in [0.15, 0.2) is 12.1 Å². The fourth-order valence-corrected chi connectivity index (χ4v) is 9.96. The molecule has 3 saturated heterocycles. The number of carbonyl (C=O) groups is 3. The highest BCUT2D eigenvalue weighted by Crippen LogP contribution is 2.56. The number of cyclic esters (lactones) is 1. The Morgan fingerprint density at radius 3 is 2.43 bits per heavy atom. The number of carbonyl (C=O) groups excluding carboxylic acids is 3. The summed E-state index contributed by atoms with van der Waals surface area (Å²) in [5.74, 6) is -0.164. The number of esters is 2. The van der Waals surface area contributed by atoms with Crippen LogP contribution in [0.3, 0.4) is 0 Å². The number of allylic oxidation sites excluding steroid dienone is 2. The Balaban J connectivity index is 1.03. The summed E-state index contributed by atoms with van der Waals surface area (Å²) in [6.45, 7) is 8.25. The molecule has 14 atom stereocenters. The van der Waals surface area contributed by atoms with Gasteiger partial charge in [-0.1, -0.05) is 13.0 Å². The van der Waals surface area contributed by atoms with E-state index in [1.165, 1.54) is 0 Å². The van der Waals surface area contributed by atoms with Crippen LogP contribution in [0.2, 0.25) is 0 Å². The molecule has 14 heteroatoms. The van der Waals surface area contributed by atoms with Crippen LogP contribution in [0.4, 0.5) is 5.95 Å². The lowest BCUT2D eigenvalue weighted by molar-refractivity contribution is -0.303. The molecule has 0 aromatic carbocycles. The van der Waals surface area contributed by atoms with Gasteiger partial charge in [0.05, 0.1) is 37.2 Å². The second-order valence-electron chi connectivity index (χ2n) is 16.3. The predicted molar refractivity (Wildman–Crippen MR) is 190 cm³/mol. The van der Waals surface area contributed by atoms with E-state index in [1.54, 1.807) is 25.4 Å². The molecule has 0 spiro atoms. The third-order valence-electron chi connectivity index (χ3n) is 12.9. The van der Waals surface area contributed by atoms with Gasteiger partial charge in [-0.15, -0.1) is 0 Å². The van der Waals surface area contributed by atoms with Gasteiger partial charge in [-0.25, -0.2) is 9.97 Å². The molecule has 0 bridgehead atoms. The number of Topliss-reactive ketones (excluding diaryl/α,β-unsaturated/α-hetero) is 1. The van der Waals surface area contributed by atoms with Crippen LogP contribution in [0, 0.1) is 35.5 Å². The van der Waals surface area contributed by atoms with Crippen molar-refractivity contribution in [3.05, 3.63) is 30.1 Å². The Hall–Kier alpha value is -3.01. The van der Waals surface area contributed by atoms with E-state index in [1.807, 2.05) is 13.8 Å². The zero-order valence-corrected chi connectivity index (χ0v) is 31.1. The minimum atomic E-state index is -1.36. The molecule has 1 aromatic heterocycles. The van der Waals surface area contributed by atoms with Crippen molar-refractivity contribution in [2.75, 3.05) is 37.6 Å². The second kappa shape index (κ2) is 16.4. The Morgan fingerprint density at radius 1 is 0.925 bits per heavy atom. The number of ketones is 1. The van der Waals surface area contributed by atoms with Gasteiger partial charge in [0.1, 0.15) is 24.4 Å². The topological polar surface area (TPSA) is 181 Å². The molecule has 5 fully saturated rings. The van der Waals surface area contributed by atoms with Crippen molar-refractivity contribution in [3.63, 3.8) is 0 Å². The lowest BCUT2D eigenvalue weighted by Crippen LogP contribution is -2.57. The summed E-state index contributed by atoms with van der Waals surface area (Å²) in [5, 5.41) is 31.0. The van der Waals surface area contributed by atoms with Crippen LogP contribution in [0.25, 0.3) is 0 Å². The van der Waals surface area contributed by atoms with Gasteiger partial charge in [-0.05, 0) is 94.1 Å². The summed E-state index contributed by atoms with van der Waals surface area (Å²) in [7, 11) is 0. The summed E-state index contributed by atoms with van der Waals surface area (Å²) in [6, 6.07) is 1.79. The van der Waals surface area contributed by atoms with Crippen molar-refractivity contribution in [2.24, 2.45) is 35.5 Å². The fourth-order valence-electron chi connectivity index (χ4n) is 9.96. The number of nitrogens with zero attached hydrogens (tertiary/aromatic N) is 4. The van der Waals surface area contributed by atoms with Gasteiger partial charge in [0.25, 0.3) is 0 Å². The SMILES string of the molecule is CC1CCCC(OC(=O)CN2CCN(c3ncccn3)CC2)C(C)C(=O)C2=CC3C4CC(O[C@@H]5O[C@@H](C)[C@H](O)[C@@H](O)[C@H]5O)CC4CCC3C2CC(=O)O1. The Kier molecular flexibility index (Phi) is 11.8. The zero-order valence-electron chi connectivity index (χ0n) is 31.1. The monoisotopic (exact) mass is 740 g/mol. The molecule has 9 unspecified atom stereocenters. The van der Waals surface area contributed by atoms with Crippen molar-refractivity contribution in [2.45, 2.75) is 121 Å². The number of ether oxygens (including phenoxy) is 4. The van der Waals surface area contributed by atoms with E-state index in [0.29, 0.717) is 69.3 Å². The molecule has 3 aliphatic carbocycles. The van der Waals surface area contributed by atoms with E-state index in [9.17, 15) is 29.7 Å². The third kappa shape index (κ3) is 8.33. The third-order valence-corrected chi connectivity index (χ3v) is 12.9. The average molecular weight is 741 g/mol. The predicted octanol–water partition coefficient (Wildman–Crippen LogP) is 2.04. The van der Waals surface area contributed by atoms with Gasteiger partial charge in [0.2, 0.25) is 5.95 Å². The highest BCUT2D eigenvalue weighted by atomic mass is 16.7. The first-order valence-corrected chi connectivity index (χ1v) is 19.7. The molecule has 292 valence electrons. The summed E-state index contributed by atoms with van der Waals surface area (Å²) in [4.78, 5) is 54.0. The maximum atomic E-state index is 14.5. The molecule has 0 radical (unpaired) electrons. The normalized spacial score (nSPS) is 41.2. The molecule has 2 saturated carbocycles. The zero-order chi connectivity index (χ0) is 37.4. The van der Waals surface area contributed by atoms with Gasteiger partial charge < -0.3 is 39.2 Å². The summed E-state index contributed by atoms with van der Waals surface area (Å²) < 4.78 is 24.0. The second-order valence-corrected chi connectivity index (χ2v) is 16.3. The Labute approximate surface area is 311 Å². The van der Waals surface area contributed by atoms with Crippen molar-refractivity contribution in [1.82, 2.24) is 14.9 Å².